The number of amides is 1. The van der Waals surface area contributed by atoms with Crippen molar-refractivity contribution in [1.29, 1.82) is 0 Å². The Bertz CT molecular complexity index is 239. The summed E-state index contributed by atoms with van der Waals surface area (Å²) in [4.78, 5) is 14.1. The van der Waals surface area contributed by atoms with Crippen LogP contribution in [0.25, 0.3) is 0 Å². The molecule has 0 unspecified atom stereocenters. The highest BCUT2D eigenvalue weighted by Gasteiger charge is 2.36. The van der Waals surface area contributed by atoms with Crippen LogP contribution in [0.1, 0.15) is 32.6 Å². The summed E-state index contributed by atoms with van der Waals surface area (Å²) in [5.41, 5.74) is 0.144. The van der Waals surface area contributed by atoms with E-state index in [1.54, 1.807) is 0 Å². The molecule has 1 saturated carbocycles. The summed E-state index contributed by atoms with van der Waals surface area (Å²) in [5.74, 6) is 0.212. The fourth-order valence-electron chi connectivity index (χ4n) is 2.58. The van der Waals surface area contributed by atoms with Crippen LogP contribution in [0.3, 0.4) is 0 Å². The molecule has 0 spiro atoms. The molecule has 4 heteroatoms. The van der Waals surface area contributed by atoms with Crippen LogP contribution in [0.5, 0.6) is 0 Å². The van der Waals surface area contributed by atoms with E-state index in [2.05, 4.69) is 22.5 Å². The molecule has 2 fully saturated rings. The lowest BCUT2D eigenvalue weighted by Gasteiger charge is -2.42. The normalized spacial score (nSPS) is 24.8. The van der Waals surface area contributed by atoms with Gasteiger partial charge in [0.15, 0.2) is 0 Å². The minimum atomic E-state index is 0.144. The number of nitrogens with zero attached hydrogens (tertiary/aromatic N) is 1. The molecule has 0 aromatic carbocycles. The zero-order valence-corrected chi connectivity index (χ0v) is 10.2. The van der Waals surface area contributed by atoms with Gasteiger partial charge in [0.05, 0.1) is 6.54 Å². The Morgan fingerprint density at radius 2 is 2.06 bits per heavy atom. The van der Waals surface area contributed by atoms with E-state index in [0.29, 0.717) is 6.54 Å². The Morgan fingerprint density at radius 3 is 2.56 bits per heavy atom. The first-order valence-corrected chi connectivity index (χ1v) is 6.48. The zero-order chi connectivity index (χ0) is 11.4. The molecule has 0 aromatic heterocycles. The van der Waals surface area contributed by atoms with Crippen LogP contribution in [-0.4, -0.2) is 49.1 Å². The van der Waals surface area contributed by atoms with Crippen LogP contribution in [0.2, 0.25) is 0 Å². The van der Waals surface area contributed by atoms with Crippen LogP contribution in [0, 0.1) is 0 Å². The SMILES string of the molecule is CCC1(NC(=O)CN2CCNCC2)CCC1. The summed E-state index contributed by atoms with van der Waals surface area (Å²) in [6.45, 7) is 6.74. The van der Waals surface area contributed by atoms with Crippen molar-refractivity contribution >= 4 is 5.91 Å². The highest BCUT2D eigenvalue weighted by Crippen LogP contribution is 2.34. The number of hydrogen-bond donors (Lipinski definition) is 2. The van der Waals surface area contributed by atoms with Gasteiger partial charge < -0.3 is 10.6 Å². The predicted molar refractivity (Wildman–Crippen MR) is 64.3 cm³/mol. The maximum atomic E-state index is 11.9. The molecule has 2 rings (SSSR count). The van der Waals surface area contributed by atoms with E-state index in [0.717, 1.165) is 45.4 Å². The van der Waals surface area contributed by atoms with Crippen molar-refractivity contribution in [3.8, 4) is 0 Å². The van der Waals surface area contributed by atoms with Crippen molar-refractivity contribution in [3.63, 3.8) is 0 Å². The quantitative estimate of drug-likeness (QED) is 0.725. The number of nitrogens with one attached hydrogen (secondary N) is 2. The second kappa shape index (κ2) is 5.15. The van der Waals surface area contributed by atoms with E-state index in [1.807, 2.05) is 0 Å². The van der Waals surface area contributed by atoms with Crippen LogP contribution in [0.4, 0.5) is 0 Å². The fourth-order valence-corrected chi connectivity index (χ4v) is 2.58. The van der Waals surface area contributed by atoms with Crippen molar-refractivity contribution in [2.45, 2.75) is 38.1 Å². The highest BCUT2D eigenvalue weighted by atomic mass is 16.2. The summed E-state index contributed by atoms with van der Waals surface area (Å²) >= 11 is 0. The highest BCUT2D eigenvalue weighted by molar-refractivity contribution is 5.79. The minimum Gasteiger partial charge on any atom is -0.350 e. The molecule has 0 aromatic rings. The molecular weight excluding hydrogens is 202 g/mol. The molecule has 0 bridgehead atoms. The summed E-state index contributed by atoms with van der Waals surface area (Å²) in [6.07, 6.45) is 4.66. The lowest BCUT2D eigenvalue weighted by Crippen LogP contribution is -2.56. The number of hydrogen-bond acceptors (Lipinski definition) is 3. The van der Waals surface area contributed by atoms with E-state index >= 15 is 0 Å². The van der Waals surface area contributed by atoms with Gasteiger partial charge >= 0.3 is 0 Å². The smallest absolute Gasteiger partial charge is 0.234 e. The number of piperazine rings is 1. The first kappa shape index (κ1) is 11.9. The summed E-state index contributed by atoms with van der Waals surface area (Å²) in [5, 5.41) is 6.52. The molecule has 2 aliphatic rings. The van der Waals surface area contributed by atoms with Crippen LogP contribution in [-0.2, 0) is 4.79 Å². The monoisotopic (exact) mass is 225 g/mol. The van der Waals surface area contributed by atoms with Crippen molar-refractivity contribution in [1.82, 2.24) is 15.5 Å². The van der Waals surface area contributed by atoms with Gasteiger partial charge in [0.1, 0.15) is 0 Å². The van der Waals surface area contributed by atoms with Gasteiger partial charge in [-0.3, -0.25) is 9.69 Å². The molecule has 1 heterocycles. The second-order valence-corrected chi connectivity index (χ2v) is 5.06. The van der Waals surface area contributed by atoms with Crippen LogP contribution in [0.15, 0.2) is 0 Å². The number of carbonyl (C=O) groups excluding carboxylic acids is 1. The van der Waals surface area contributed by atoms with Crippen molar-refractivity contribution in [3.05, 3.63) is 0 Å². The van der Waals surface area contributed by atoms with E-state index in [1.165, 1.54) is 6.42 Å². The maximum Gasteiger partial charge on any atom is 0.234 e. The molecular formula is C12H23N3O. The molecule has 0 radical (unpaired) electrons. The number of carbonyl (C=O) groups is 1. The maximum absolute atomic E-state index is 11.9. The fraction of sp³-hybridized carbons (Fsp3) is 0.917. The Morgan fingerprint density at radius 1 is 1.38 bits per heavy atom. The van der Waals surface area contributed by atoms with E-state index < -0.39 is 0 Å². The largest absolute Gasteiger partial charge is 0.350 e. The van der Waals surface area contributed by atoms with E-state index in [9.17, 15) is 4.79 Å². The lowest BCUT2D eigenvalue weighted by molar-refractivity contribution is -0.125. The third-order valence-electron chi connectivity index (χ3n) is 3.97. The van der Waals surface area contributed by atoms with Crippen molar-refractivity contribution in [2.24, 2.45) is 0 Å². The van der Waals surface area contributed by atoms with Gasteiger partial charge in [-0.25, -0.2) is 0 Å². The van der Waals surface area contributed by atoms with E-state index in [-0.39, 0.29) is 11.4 Å². The van der Waals surface area contributed by atoms with Crippen LogP contribution < -0.4 is 10.6 Å². The lowest BCUT2D eigenvalue weighted by atomic mass is 9.75. The first-order valence-electron chi connectivity index (χ1n) is 6.48. The number of rotatable bonds is 4. The average molecular weight is 225 g/mol. The van der Waals surface area contributed by atoms with Gasteiger partial charge in [0.2, 0.25) is 5.91 Å². The molecule has 92 valence electrons. The summed E-state index contributed by atoms with van der Waals surface area (Å²) < 4.78 is 0. The third-order valence-corrected chi connectivity index (χ3v) is 3.97. The molecule has 1 aliphatic heterocycles. The Balaban J connectivity index is 1.74. The second-order valence-electron chi connectivity index (χ2n) is 5.06. The standard InChI is InChI=1S/C12H23N3O/c1-2-12(4-3-5-12)14-11(16)10-15-8-6-13-7-9-15/h13H,2-10H2,1H3,(H,14,16). The Hall–Kier alpha value is -0.610. The van der Waals surface area contributed by atoms with Gasteiger partial charge in [0, 0.05) is 31.7 Å². The molecule has 2 N–H and O–H groups in total. The van der Waals surface area contributed by atoms with Gasteiger partial charge in [-0.2, -0.15) is 0 Å². The van der Waals surface area contributed by atoms with Crippen LogP contribution >= 0.6 is 0 Å². The molecule has 4 nitrogen and oxygen atoms in total. The molecule has 1 saturated heterocycles. The molecule has 16 heavy (non-hydrogen) atoms. The van der Waals surface area contributed by atoms with Crippen molar-refractivity contribution in [2.75, 3.05) is 32.7 Å². The Kier molecular flexibility index (Phi) is 3.82. The molecule has 1 aliphatic carbocycles. The van der Waals surface area contributed by atoms with Gasteiger partial charge in [-0.15, -0.1) is 0 Å². The average Bonchev–Trinajstić information content (AvgIpc) is 2.25. The van der Waals surface area contributed by atoms with Crippen molar-refractivity contribution < 1.29 is 4.79 Å². The first-order chi connectivity index (χ1) is 7.74. The molecule has 0 atom stereocenters. The summed E-state index contributed by atoms with van der Waals surface area (Å²) in [6, 6.07) is 0. The zero-order valence-electron chi connectivity index (χ0n) is 10.2. The third kappa shape index (κ3) is 2.74. The van der Waals surface area contributed by atoms with Gasteiger partial charge in [-0.1, -0.05) is 6.92 Å². The van der Waals surface area contributed by atoms with E-state index in [4.69, 9.17) is 0 Å². The van der Waals surface area contributed by atoms with Gasteiger partial charge in [0.25, 0.3) is 0 Å². The molecule has 1 amide bonds. The predicted octanol–water partition coefficient (Wildman–Crippen LogP) is 0.341. The Labute approximate surface area is 97.8 Å². The van der Waals surface area contributed by atoms with Gasteiger partial charge in [-0.05, 0) is 25.7 Å². The minimum absolute atomic E-state index is 0.144. The summed E-state index contributed by atoms with van der Waals surface area (Å²) in [7, 11) is 0. The topological polar surface area (TPSA) is 44.4 Å².